The number of ketones is 1. The molecule has 1 saturated heterocycles. The van der Waals surface area contributed by atoms with Crippen molar-refractivity contribution < 1.29 is 38.8 Å². The zero-order chi connectivity index (χ0) is 40.6. The summed E-state index contributed by atoms with van der Waals surface area (Å²) >= 11 is 0. The van der Waals surface area contributed by atoms with E-state index in [-0.39, 0.29) is 48.0 Å². The van der Waals surface area contributed by atoms with Gasteiger partial charge in [-0.15, -0.1) is 0 Å². The van der Waals surface area contributed by atoms with Gasteiger partial charge in [-0.3, -0.25) is 14.4 Å². The smallest absolute Gasteiger partial charge is 0.313 e. The number of fused-ring (bicyclic) bond motifs is 3. The Hall–Kier alpha value is -3.95. The zero-order valence-corrected chi connectivity index (χ0v) is 34.7. The third kappa shape index (κ3) is 4.67. The maximum absolute atomic E-state index is 15.4. The van der Waals surface area contributed by atoms with Gasteiger partial charge in [-0.1, -0.05) is 76.3 Å². The molecule has 1 heterocycles. The van der Waals surface area contributed by atoms with Gasteiger partial charge in [-0.2, -0.15) is 0 Å². The average molecular weight is 778 g/mol. The summed E-state index contributed by atoms with van der Waals surface area (Å²) in [5.41, 5.74) is -3.99. The lowest BCUT2D eigenvalue weighted by Crippen LogP contribution is -2.67. The standard InChI is InChI=1S/C48H59NO8/c1-41(2)44(5)21-24-48(41,57-40(44)53)39(52)49(28-31-13-14-33(55-6)25-35(31)56-7)29-46(54)20-17-37-43(46,4)19-16-36-42(3)18-15-32(50)26-45(42)22-23-47(36,37)34(27-45)38(51)30-11-9-8-10-12-30/h8-14,22-23,25,27,32,36-37,50,54H,15-21,24,26,28-29H2,1-7H3. The van der Waals surface area contributed by atoms with Crippen molar-refractivity contribution in [3.05, 3.63) is 83.5 Å². The van der Waals surface area contributed by atoms with Gasteiger partial charge < -0.3 is 29.3 Å². The lowest BCUT2D eigenvalue weighted by atomic mass is 9.32. The summed E-state index contributed by atoms with van der Waals surface area (Å²) in [5, 5.41) is 24.6. The number of hydrogen-bond acceptors (Lipinski definition) is 8. The van der Waals surface area contributed by atoms with Crippen LogP contribution < -0.4 is 9.47 Å². The van der Waals surface area contributed by atoms with Crippen LogP contribution in [-0.4, -0.2) is 70.8 Å². The van der Waals surface area contributed by atoms with Gasteiger partial charge in [0.05, 0.1) is 37.9 Å². The maximum Gasteiger partial charge on any atom is 0.313 e. The average Bonchev–Trinajstić information content (AvgIpc) is 3.65. The van der Waals surface area contributed by atoms with Gasteiger partial charge in [0, 0.05) is 51.0 Å². The molecule has 1 aliphatic heterocycles. The molecule has 0 aromatic heterocycles. The van der Waals surface area contributed by atoms with E-state index in [1.165, 1.54) is 0 Å². The highest BCUT2D eigenvalue weighted by Gasteiger charge is 2.78. The van der Waals surface area contributed by atoms with Crippen LogP contribution in [0.3, 0.4) is 0 Å². The first kappa shape index (κ1) is 38.6. The van der Waals surface area contributed by atoms with Gasteiger partial charge in [0.15, 0.2) is 11.4 Å². The second-order valence-electron chi connectivity index (χ2n) is 20.0. The van der Waals surface area contributed by atoms with Crippen molar-refractivity contribution in [3.63, 3.8) is 0 Å². The number of hydrogen-bond donors (Lipinski definition) is 2. The molecule has 2 N–H and O–H groups in total. The Morgan fingerprint density at radius 2 is 1.56 bits per heavy atom. The molecule has 10 atom stereocenters. The highest BCUT2D eigenvalue weighted by Crippen LogP contribution is 2.78. The second-order valence-corrected chi connectivity index (χ2v) is 20.0. The van der Waals surface area contributed by atoms with Gasteiger partial charge in [-0.25, -0.2) is 0 Å². The van der Waals surface area contributed by atoms with Crippen LogP contribution in [-0.2, 0) is 20.9 Å². The van der Waals surface area contributed by atoms with Crippen molar-refractivity contribution in [2.45, 2.75) is 116 Å². The molecule has 2 spiro atoms. The summed E-state index contributed by atoms with van der Waals surface area (Å²) < 4.78 is 17.5. The van der Waals surface area contributed by atoms with Crippen LogP contribution >= 0.6 is 0 Å². The van der Waals surface area contributed by atoms with Gasteiger partial charge in [0.1, 0.15) is 11.5 Å². The first-order valence-electron chi connectivity index (χ1n) is 21.1. The van der Waals surface area contributed by atoms with E-state index in [1.807, 2.05) is 63.2 Å². The topological polar surface area (TPSA) is 123 Å². The first-order chi connectivity index (χ1) is 26.9. The number of rotatable bonds is 9. The van der Waals surface area contributed by atoms with Crippen LogP contribution in [0.2, 0.25) is 0 Å². The van der Waals surface area contributed by atoms with Crippen LogP contribution in [0, 0.1) is 44.3 Å². The number of amides is 1. The Morgan fingerprint density at radius 3 is 2.23 bits per heavy atom. The monoisotopic (exact) mass is 777 g/mol. The Labute approximate surface area is 336 Å². The summed E-state index contributed by atoms with van der Waals surface area (Å²) in [6.07, 6.45) is 12.3. The molecule has 5 fully saturated rings. The lowest BCUT2D eigenvalue weighted by Gasteiger charge is -2.71. The van der Waals surface area contributed by atoms with Crippen molar-refractivity contribution in [1.29, 1.82) is 0 Å². The van der Waals surface area contributed by atoms with Crippen LogP contribution in [0.25, 0.3) is 0 Å². The van der Waals surface area contributed by atoms with Crippen LogP contribution in [0.15, 0.2) is 72.3 Å². The van der Waals surface area contributed by atoms with E-state index < -0.39 is 44.4 Å². The molecule has 9 nitrogen and oxygen atoms in total. The van der Waals surface area contributed by atoms with E-state index in [1.54, 1.807) is 25.2 Å². The third-order valence-corrected chi connectivity index (χ3v) is 18.0. The predicted molar refractivity (Wildman–Crippen MR) is 214 cm³/mol. The van der Waals surface area contributed by atoms with E-state index >= 15 is 4.79 Å². The van der Waals surface area contributed by atoms with Crippen LogP contribution in [0.4, 0.5) is 0 Å². The summed E-state index contributed by atoms with van der Waals surface area (Å²) in [6, 6.07) is 15.1. The minimum atomic E-state index is -1.37. The fourth-order valence-electron chi connectivity index (χ4n) is 14.0. The first-order valence-corrected chi connectivity index (χ1v) is 21.1. The van der Waals surface area contributed by atoms with Crippen molar-refractivity contribution >= 4 is 17.7 Å². The molecule has 1 amide bonds. The normalized spacial score (nSPS) is 41.7. The van der Waals surface area contributed by atoms with Crippen molar-refractivity contribution in [3.8, 4) is 11.5 Å². The molecule has 7 aliphatic carbocycles. The number of aliphatic hydroxyl groups is 2. The number of carbonyl (C=O) groups is 3. The van der Waals surface area contributed by atoms with Crippen molar-refractivity contribution in [1.82, 2.24) is 4.90 Å². The van der Waals surface area contributed by atoms with Crippen LogP contribution in [0.5, 0.6) is 11.5 Å². The Kier molecular flexibility index (Phi) is 8.32. The SMILES string of the molecule is COc1ccc(CN(CC2(O)CCC3C45C=CC6(C=C4C(=O)c4ccccc4)CC(O)CCC6(C)C5CCC32C)C(=O)C23CCC(C)(C(=O)O2)C3(C)C)c(OC)c1. The molecule has 0 radical (unpaired) electrons. The number of esters is 1. The summed E-state index contributed by atoms with van der Waals surface area (Å²) in [7, 11) is 3.19. The molecule has 4 saturated carbocycles. The molecule has 8 aliphatic rings. The molecule has 10 unspecified atom stereocenters. The van der Waals surface area contributed by atoms with E-state index in [0.717, 1.165) is 36.8 Å². The maximum atomic E-state index is 15.4. The number of methoxy groups -OCH3 is 2. The quantitative estimate of drug-likeness (QED) is 0.152. The van der Waals surface area contributed by atoms with Gasteiger partial charge in [0.2, 0.25) is 0 Å². The lowest BCUT2D eigenvalue weighted by molar-refractivity contribution is -0.187. The minimum absolute atomic E-state index is 0.0168. The Morgan fingerprint density at radius 1 is 0.860 bits per heavy atom. The van der Waals surface area contributed by atoms with Crippen molar-refractivity contribution in [2.75, 3.05) is 20.8 Å². The molecule has 2 aromatic rings. The molecular weight excluding hydrogens is 719 g/mol. The molecule has 2 aromatic carbocycles. The fourth-order valence-corrected chi connectivity index (χ4v) is 14.0. The summed E-state index contributed by atoms with van der Waals surface area (Å²) in [6.45, 7) is 10.6. The number of aliphatic hydroxyl groups excluding tert-OH is 1. The largest absolute Gasteiger partial charge is 0.497 e. The summed E-state index contributed by atoms with van der Waals surface area (Å²) in [4.78, 5) is 45.6. The van der Waals surface area contributed by atoms with E-state index in [2.05, 4.69) is 32.1 Å². The van der Waals surface area contributed by atoms with E-state index in [0.29, 0.717) is 49.2 Å². The molecule has 10 rings (SSSR count). The highest BCUT2D eigenvalue weighted by atomic mass is 16.6. The van der Waals surface area contributed by atoms with E-state index in [4.69, 9.17) is 14.2 Å². The van der Waals surface area contributed by atoms with Crippen LogP contribution in [0.1, 0.15) is 108 Å². The predicted octanol–water partition coefficient (Wildman–Crippen LogP) is 7.63. The fraction of sp³-hybridized carbons (Fsp3) is 0.604. The molecular formula is C48H59NO8. The molecule has 304 valence electrons. The molecule has 9 heteroatoms. The van der Waals surface area contributed by atoms with Gasteiger partial charge >= 0.3 is 5.97 Å². The Bertz CT molecular complexity index is 2110. The van der Waals surface area contributed by atoms with Crippen molar-refractivity contribution in [2.24, 2.45) is 44.3 Å². The third-order valence-electron chi connectivity index (χ3n) is 18.0. The number of nitrogens with zero attached hydrogens (tertiary/aromatic N) is 1. The second kappa shape index (κ2) is 12.3. The molecule has 4 bridgehead atoms. The number of benzene rings is 2. The van der Waals surface area contributed by atoms with Gasteiger partial charge in [-0.05, 0) is 94.1 Å². The highest BCUT2D eigenvalue weighted by molar-refractivity contribution is 6.10. The molecule has 57 heavy (non-hydrogen) atoms. The Balaban J connectivity index is 1.14. The van der Waals surface area contributed by atoms with Gasteiger partial charge in [0.25, 0.3) is 5.91 Å². The minimum Gasteiger partial charge on any atom is -0.497 e. The zero-order valence-electron chi connectivity index (χ0n) is 34.7. The number of Topliss-reactive ketones (excluding diaryl/α,β-unsaturated/α-hetero) is 1. The summed E-state index contributed by atoms with van der Waals surface area (Å²) in [5.74, 6) is 0.615. The van der Waals surface area contributed by atoms with E-state index in [9.17, 15) is 19.8 Å². The number of ether oxygens (including phenoxy) is 3. The number of carbonyl (C=O) groups excluding carboxylic acids is 3. The number of allylic oxidation sites excluding steroid dienone is 4.